The predicted octanol–water partition coefficient (Wildman–Crippen LogP) is 21.6. The lowest BCUT2D eigenvalue weighted by Gasteiger charge is -2.21. The molecule has 0 aliphatic heterocycles. The molecular weight excluding hydrogens is 1230 g/mol. The summed E-state index contributed by atoms with van der Waals surface area (Å²) in [6.45, 7) is 7.20. The third-order valence-electron chi connectivity index (χ3n) is 16.9. The summed E-state index contributed by atoms with van der Waals surface area (Å²) in [6, 6.07) is 0. The average Bonchev–Trinajstić information content (AvgIpc) is 3.10. The maximum absolute atomic E-state index is 13.1. The van der Waals surface area contributed by atoms with Gasteiger partial charge in [0.2, 0.25) is 0 Å². The van der Waals surface area contributed by atoms with Gasteiger partial charge in [-0.3, -0.25) is 37.3 Å². The largest absolute Gasteiger partial charge is 0.472 e. The van der Waals surface area contributed by atoms with Gasteiger partial charge in [-0.05, 0) is 57.3 Å². The Labute approximate surface area is 573 Å². The minimum Gasteiger partial charge on any atom is -0.462 e. The Morgan fingerprint density at radius 3 is 0.872 bits per heavy atom. The van der Waals surface area contributed by atoms with Gasteiger partial charge in [0.15, 0.2) is 12.2 Å². The highest BCUT2D eigenvalue weighted by atomic mass is 31.2. The Hall–Kier alpha value is -2.46. The van der Waals surface area contributed by atoms with Crippen LogP contribution in [0.25, 0.3) is 0 Å². The third-order valence-corrected chi connectivity index (χ3v) is 18.8. The molecule has 0 heterocycles. The van der Waals surface area contributed by atoms with Crippen LogP contribution in [-0.2, 0) is 65.4 Å². The average molecular weight is 1380 g/mol. The number of phosphoric ester groups is 2. The lowest BCUT2D eigenvalue weighted by Crippen LogP contribution is -2.30. The second-order valence-electron chi connectivity index (χ2n) is 26.8. The lowest BCUT2D eigenvalue weighted by atomic mass is 10.0. The number of hydrogen-bond donors (Lipinski definition) is 3. The predicted molar refractivity (Wildman–Crippen MR) is 381 cm³/mol. The molecule has 17 nitrogen and oxygen atoms in total. The van der Waals surface area contributed by atoms with E-state index in [1.807, 2.05) is 0 Å². The van der Waals surface area contributed by atoms with Crippen LogP contribution in [0.15, 0.2) is 24.3 Å². The molecular formula is C75H142O17P2. The van der Waals surface area contributed by atoms with Crippen molar-refractivity contribution in [1.29, 1.82) is 0 Å². The quantitative estimate of drug-likeness (QED) is 0.0169. The fraction of sp³-hybridized carbons (Fsp3) is 0.893. The second-order valence-corrected chi connectivity index (χ2v) is 29.7. The zero-order valence-corrected chi connectivity index (χ0v) is 62.4. The van der Waals surface area contributed by atoms with Gasteiger partial charge in [-0.2, -0.15) is 0 Å². The van der Waals surface area contributed by atoms with Gasteiger partial charge < -0.3 is 33.8 Å². The molecule has 0 radical (unpaired) electrons. The maximum atomic E-state index is 13.1. The molecule has 554 valence electrons. The molecule has 0 bridgehead atoms. The van der Waals surface area contributed by atoms with E-state index < -0.39 is 97.5 Å². The van der Waals surface area contributed by atoms with Crippen LogP contribution in [-0.4, -0.2) is 96.7 Å². The number of unbranched alkanes of at least 4 members (excludes halogenated alkanes) is 42. The van der Waals surface area contributed by atoms with Crippen LogP contribution in [0.3, 0.4) is 0 Å². The Kier molecular flexibility index (Phi) is 65.9. The second kappa shape index (κ2) is 67.7. The molecule has 0 fully saturated rings. The summed E-state index contributed by atoms with van der Waals surface area (Å²) < 4.78 is 68.3. The molecule has 0 rings (SSSR count). The third kappa shape index (κ3) is 68.1. The van der Waals surface area contributed by atoms with Crippen LogP contribution in [0.4, 0.5) is 0 Å². The zero-order valence-electron chi connectivity index (χ0n) is 60.6. The number of ether oxygens (including phenoxy) is 4. The van der Waals surface area contributed by atoms with Gasteiger partial charge in [-0.25, -0.2) is 9.13 Å². The molecule has 0 aromatic carbocycles. The van der Waals surface area contributed by atoms with E-state index in [1.165, 1.54) is 161 Å². The minimum absolute atomic E-state index is 0.102. The van der Waals surface area contributed by atoms with E-state index in [-0.39, 0.29) is 25.7 Å². The maximum Gasteiger partial charge on any atom is 0.472 e. The summed E-state index contributed by atoms with van der Waals surface area (Å²) in [7, 11) is -9.91. The number of carbonyl (C=O) groups excluding carboxylic acids is 4. The van der Waals surface area contributed by atoms with Gasteiger partial charge >= 0.3 is 39.5 Å². The number of aliphatic hydroxyl groups is 1. The van der Waals surface area contributed by atoms with E-state index in [1.54, 1.807) is 0 Å². The van der Waals surface area contributed by atoms with Crippen LogP contribution in [0.1, 0.15) is 369 Å². The van der Waals surface area contributed by atoms with Crippen molar-refractivity contribution in [3.05, 3.63) is 24.3 Å². The number of carbonyl (C=O) groups is 4. The number of hydrogen-bond acceptors (Lipinski definition) is 15. The van der Waals surface area contributed by atoms with E-state index >= 15 is 0 Å². The Morgan fingerprint density at radius 1 is 0.330 bits per heavy atom. The summed E-state index contributed by atoms with van der Waals surface area (Å²) in [5.41, 5.74) is 0. The number of allylic oxidation sites excluding steroid dienone is 4. The van der Waals surface area contributed by atoms with Crippen molar-refractivity contribution in [3.63, 3.8) is 0 Å². The van der Waals surface area contributed by atoms with Crippen LogP contribution >= 0.6 is 15.6 Å². The van der Waals surface area contributed by atoms with Crippen molar-refractivity contribution in [2.45, 2.75) is 387 Å². The molecule has 19 heteroatoms. The first-order valence-corrected chi connectivity index (χ1v) is 41.4. The monoisotopic (exact) mass is 1380 g/mol. The molecule has 0 aromatic rings. The number of esters is 4. The molecule has 0 aliphatic carbocycles. The fourth-order valence-electron chi connectivity index (χ4n) is 11.0. The highest BCUT2D eigenvalue weighted by molar-refractivity contribution is 7.47. The molecule has 94 heavy (non-hydrogen) atoms. The summed E-state index contributed by atoms with van der Waals surface area (Å²) in [5, 5.41) is 10.6. The molecule has 0 aliphatic rings. The van der Waals surface area contributed by atoms with Crippen molar-refractivity contribution in [2.75, 3.05) is 39.6 Å². The van der Waals surface area contributed by atoms with Crippen LogP contribution in [0, 0.1) is 5.92 Å². The molecule has 5 atom stereocenters. The van der Waals surface area contributed by atoms with Crippen molar-refractivity contribution < 1.29 is 80.2 Å². The van der Waals surface area contributed by atoms with Gasteiger partial charge in [0, 0.05) is 25.7 Å². The number of aliphatic hydroxyl groups excluding tert-OH is 1. The molecule has 0 saturated heterocycles. The standard InChI is InChI=1S/C75H142O17P2/c1-6-9-12-15-18-20-22-23-28-32-36-39-44-49-54-59-73(78)86-65-71(92-75(80)61-56-51-46-41-37-33-30-27-25-24-26-29-31-35-38-43-47-52-57-68(4)5)67-90-94(83,84)88-63-69(76)62-87-93(81,82)89-66-70(64-85-72(77)58-53-48-42-17-14-11-8-3)91-74(79)60-55-50-45-40-34-21-19-16-13-10-7-2/h20,22-23,28,68-71,76H,6-19,21,24-27,29-67H2,1-5H3,(H,81,82)(H,83,84)/b22-20-,28-23-/t69-,70+,71+/m0/s1. The summed E-state index contributed by atoms with van der Waals surface area (Å²) in [6.07, 6.45) is 59.3. The van der Waals surface area contributed by atoms with Crippen molar-refractivity contribution in [1.82, 2.24) is 0 Å². The first kappa shape index (κ1) is 91.5. The van der Waals surface area contributed by atoms with E-state index in [0.29, 0.717) is 25.7 Å². The van der Waals surface area contributed by atoms with Gasteiger partial charge in [-0.15, -0.1) is 0 Å². The van der Waals surface area contributed by atoms with Crippen LogP contribution < -0.4 is 0 Å². The van der Waals surface area contributed by atoms with Crippen LogP contribution in [0.5, 0.6) is 0 Å². The van der Waals surface area contributed by atoms with Crippen molar-refractivity contribution in [3.8, 4) is 0 Å². The van der Waals surface area contributed by atoms with E-state index in [2.05, 4.69) is 58.9 Å². The topological polar surface area (TPSA) is 237 Å². The van der Waals surface area contributed by atoms with Gasteiger partial charge in [0.25, 0.3) is 0 Å². The van der Waals surface area contributed by atoms with Crippen molar-refractivity contribution in [2.24, 2.45) is 5.92 Å². The number of rotatable bonds is 73. The van der Waals surface area contributed by atoms with Gasteiger partial charge in [-0.1, -0.05) is 316 Å². The smallest absolute Gasteiger partial charge is 0.462 e. The van der Waals surface area contributed by atoms with E-state index in [4.69, 9.17) is 37.0 Å². The fourth-order valence-corrected chi connectivity index (χ4v) is 12.6. The Morgan fingerprint density at radius 2 is 0.574 bits per heavy atom. The SMILES string of the molecule is CCCCCC/C=C\C=C/CCCCCCCC(=O)OC[C@H](COP(=O)(O)OC[C@@H](O)COP(=O)(O)OC[C@@H](COC(=O)CCCCCCCCC)OC(=O)CCCCCCCCCCCCC)OC(=O)CCCCCCCCCCCCCCCCCCCCC(C)C. The summed E-state index contributed by atoms with van der Waals surface area (Å²) in [5.74, 6) is -1.33. The molecule has 0 aromatic heterocycles. The number of phosphoric acid groups is 2. The molecule has 3 N–H and O–H groups in total. The molecule has 0 spiro atoms. The lowest BCUT2D eigenvalue weighted by molar-refractivity contribution is -0.161. The Bertz CT molecular complexity index is 1900. The Balaban J connectivity index is 5.19. The minimum atomic E-state index is -4.96. The molecule has 2 unspecified atom stereocenters. The van der Waals surface area contributed by atoms with Gasteiger partial charge in [0.05, 0.1) is 26.4 Å². The highest BCUT2D eigenvalue weighted by Gasteiger charge is 2.30. The first-order chi connectivity index (χ1) is 45.5. The van der Waals surface area contributed by atoms with E-state index in [0.717, 1.165) is 128 Å². The summed E-state index contributed by atoms with van der Waals surface area (Å²) >= 11 is 0. The van der Waals surface area contributed by atoms with Crippen molar-refractivity contribution >= 4 is 39.5 Å². The van der Waals surface area contributed by atoms with E-state index in [9.17, 15) is 43.2 Å². The summed E-state index contributed by atoms with van der Waals surface area (Å²) in [4.78, 5) is 72.5. The zero-order chi connectivity index (χ0) is 69.1. The molecule has 0 saturated carbocycles. The highest BCUT2D eigenvalue weighted by Crippen LogP contribution is 2.45. The molecule has 0 amide bonds. The first-order valence-electron chi connectivity index (χ1n) is 38.5. The van der Waals surface area contributed by atoms with Crippen LogP contribution in [0.2, 0.25) is 0 Å². The normalized spacial score (nSPS) is 14.1. The van der Waals surface area contributed by atoms with Gasteiger partial charge in [0.1, 0.15) is 19.3 Å².